The van der Waals surface area contributed by atoms with Gasteiger partial charge in [0.1, 0.15) is 0 Å². The van der Waals surface area contributed by atoms with E-state index in [9.17, 15) is 4.79 Å². The summed E-state index contributed by atoms with van der Waals surface area (Å²) in [5.41, 5.74) is 0. The molecular formula is C4H6N4O2. The van der Waals surface area contributed by atoms with E-state index in [1.54, 1.807) is 7.05 Å². The molecule has 0 aromatic carbocycles. The first kappa shape index (κ1) is 6.81. The predicted molar refractivity (Wildman–Crippen MR) is 29.8 cm³/mol. The Kier molecular flexibility index (Phi) is 1.72. The van der Waals surface area contributed by atoms with E-state index in [4.69, 9.17) is 5.11 Å². The van der Waals surface area contributed by atoms with E-state index in [0.717, 1.165) is 0 Å². The van der Waals surface area contributed by atoms with E-state index >= 15 is 0 Å². The molecule has 10 heavy (non-hydrogen) atoms. The Morgan fingerprint density at radius 2 is 2.50 bits per heavy atom. The van der Waals surface area contributed by atoms with Crippen LogP contribution in [0.3, 0.4) is 0 Å². The molecule has 0 amide bonds. The van der Waals surface area contributed by atoms with Gasteiger partial charge in [-0.05, 0) is 5.21 Å². The highest BCUT2D eigenvalue weighted by molar-refractivity contribution is 5.56. The van der Waals surface area contributed by atoms with Gasteiger partial charge < -0.3 is 5.11 Å². The average molecular weight is 142 g/mol. The highest BCUT2D eigenvalue weighted by Gasteiger charge is 2.10. The van der Waals surface area contributed by atoms with Crippen LogP contribution in [-0.2, 0) is 11.8 Å². The van der Waals surface area contributed by atoms with Crippen molar-refractivity contribution in [2.24, 2.45) is 7.05 Å². The van der Waals surface area contributed by atoms with Crippen LogP contribution in [0.5, 0.6) is 0 Å². The SMILES string of the molecule is Cn1nnc(C(O)C=O)n1. The maximum atomic E-state index is 9.95. The average Bonchev–Trinajstić information content (AvgIpc) is 2.34. The summed E-state index contributed by atoms with van der Waals surface area (Å²) in [5.74, 6) is 0.0255. The zero-order valence-electron chi connectivity index (χ0n) is 5.30. The van der Waals surface area contributed by atoms with E-state index in [1.807, 2.05) is 0 Å². The number of carbonyl (C=O) groups excluding carboxylic acids is 1. The van der Waals surface area contributed by atoms with E-state index in [-0.39, 0.29) is 5.82 Å². The lowest BCUT2D eigenvalue weighted by molar-refractivity contribution is -0.115. The standard InChI is InChI=1S/C4H6N4O2/c1-8-6-4(5-7-8)3(10)2-9/h2-3,10H,1H3. The van der Waals surface area contributed by atoms with Crippen LogP contribution in [0.15, 0.2) is 0 Å². The van der Waals surface area contributed by atoms with Crippen LogP contribution < -0.4 is 0 Å². The largest absolute Gasteiger partial charge is 0.377 e. The van der Waals surface area contributed by atoms with Gasteiger partial charge in [0.15, 0.2) is 12.4 Å². The van der Waals surface area contributed by atoms with Gasteiger partial charge in [-0.1, -0.05) is 0 Å². The molecule has 0 aliphatic rings. The smallest absolute Gasteiger partial charge is 0.210 e. The number of tetrazole rings is 1. The van der Waals surface area contributed by atoms with Crippen molar-refractivity contribution >= 4 is 6.29 Å². The third-order valence-electron chi connectivity index (χ3n) is 0.917. The number of aromatic nitrogens is 4. The van der Waals surface area contributed by atoms with E-state index < -0.39 is 6.10 Å². The van der Waals surface area contributed by atoms with Crippen LogP contribution in [0.1, 0.15) is 11.9 Å². The maximum absolute atomic E-state index is 9.95. The first-order valence-electron chi connectivity index (χ1n) is 2.61. The Labute approximate surface area is 56.5 Å². The van der Waals surface area contributed by atoms with Crippen molar-refractivity contribution in [2.45, 2.75) is 6.10 Å². The zero-order chi connectivity index (χ0) is 7.56. The quantitative estimate of drug-likeness (QED) is 0.505. The van der Waals surface area contributed by atoms with Gasteiger partial charge in [0.05, 0.1) is 7.05 Å². The molecule has 1 aromatic rings. The number of aryl methyl sites for hydroxylation is 1. The van der Waals surface area contributed by atoms with Gasteiger partial charge >= 0.3 is 0 Å². The molecule has 1 N–H and O–H groups in total. The summed E-state index contributed by atoms with van der Waals surface area (Å²) in [5, 5.41) is 19.2. The summed E-state index contributed by atoms with van der Waals surface area (Å²) in [6.07, 6.45) is -0.912. The summed E-state index contributed by atoms with van der Waals surface area (Å²) >= 11 is 0. The van der Waals surface area contributed by atoms with Gasteiger partial charge in [0.25, 0.3) is 0 Å². The number of aliphatic hydroxyl groups excluding tert-OH is 1. The first-order valence-corrected chi connectivity index (χ1v) is 2.61. The van der Waals surface area contributed by atoms with Gasteiger partial charge in [-0.15, -0.1) is 10.2 Å². The molecule has 6 nitrogen and oxygen atoms in total. The fourth-order valence-corrected chi connectivity index (χ4v) is 0.478. The second kappa shape index (κ2) is 2.53. The van der Waals surface area contributed by atoms with Crippen molar-refractivity contribution in [1.29, 1.82) is 0 Å². The molecule has 1 heterocycles. The molecule has 0 saturated heterocycles. The topological polar surface area (TPSA) is 80.9 Å². The number of hydrogen-bond donors (Lipinski definition) is 1. The molecule has 0 saturated carbocycles. The number of aldehydes is 1. The molecule has 0 bridgehead atoms. The van der Waals surface area contributed by atoms with E-state index in [2.05, 4.69) is 15.4 Å². The molecule has 0 radical (unpaired) electrons. The molecule has 0 aliphatic heterocycles. The molecular weight excluding hydrogens is 136 g/mol. The van der Waals surface area contributed by atoms with Crippen LogP contribution in [0.4, 0.5) is 0 Å². The Morgan fingerprint density at radius 3 is 2.90 bits per heavy atom. The van der Waals surface area contributed by atoms with Gasteiger partial charge in [-0.25, -0.2) is 0 Å². The van der Waals surface area contributed by atoms with Gasteiger partial charge in [-0.3, -0.25) is 4.79 Å². The number of rotatable bonds is 2. The minimum atomic E-state index is -1.26. The number of nitrogens with zero attached hydrogens (tertiary/aromatic N) is 4. The monoisotopic (exact) mass is 142 g/mol. The molecule has 1 rings (SSSR count). The Hall–Kier alpha value is -1.30. The molecule has 6 heteroatoms. The van der Waals surface area contributed by atoms with Crippen molar-refractivity contribution in [3.63, 3.8) is 0 Å². The fourth-order valence-electron chi connectivity index (χ4n) is 0.478. The summed E-state index contributed by atoms with van der Waals surface area (Å²) < 4.78 is 0. The Morgan fingerprint density at radius 1 is 1.80 bits per heavy atom. The highest BCUT2D eigenvalue weighted by Crippen LogP contribution is 1.98. The van der Waals surface area contributed by atoms with Crippen LogP contribution in [0, 0.1) is 0 Å². The van der Waals surface area contributed by atoms with E-state index in [1.165, 1.54) is 4.80 Å². The predicted octanol–water partition coefficient (Wildman–Crippen LogP) is -1.56. The lowest BCUT2D eigenvalue weighted by Crippen LogP contribution is -2.01. The molecule has 0 aliphatic carbocycles. The second-order valence-electron chi connectivity index (χ2n) is 1.72. The minimum absolute atomic E-state index is 0.0255. The van der Waals surface area contributed by atoms with E-state index in [0.29, 0.717) is 6.29 Å². The molecule has 54 valence electrons. The lowest BCUT2D eigenvalue weighted by Gasteiger charge is -1.90. The highest BCUT2D eigenvalue weighted by atomic mass is 16.3. The Balaban J connectivity index is 2.84. The molecule has 1 unspecified atom stereocenters. The summed E-state index contributed by atoms with van der Waals surface area (Å²) in [6.45, 7) is 0. The normalized spacial score (nSPS) is 13.0. The number of hydrogen-bond acceptors (Lipinski definition) is 5. The van der Waals surface area contributed by atoms with Crippen molar-refractivity contribution in [3.05, 3.63) is 5.82 Å². The third kappa shape index (κ3) is 1.16. The zero-order valence-corrected chi connectivity index (χ0v) is 5.30. The molecule has 0 spiro atoms. The van der Waals surface area contributed by atoms with Crippen LogP contribution in [0.25, 0.3) is 0 Å². The van der Waals surface area contributed by atoms with Crippen molar-refractivity contribution in [3.8, 4) is 0 Å². The maximum Gasteiger partial charge on any atom is 0.210 e. The van der Waals surface area contributed by atoms with Crippen molar-refractivity contribution < 1.29 is 9.90 Å². The van der Waals surface area contributed by atoms with Crippen LogP contribution in [-0.4, -0.2) is 31.6 Å². The van der Waals surface area contributed by atoms with Crippen LogP contribution >= 0.6 is 0 Å². The summed E-state index contributed by atoms with van der Waals surface area (Å²) in [7, 11) is 1.55. The van der Waals surface area contributed by atoms with Crippen molar-refractivity contribution in [2.75, 3.05) is 0 Å². The first-order chi connectivity index (χ1) is 4.74. The molecule has 1 atom stereocenters. The number of aliphatic hydroxyl groups is 1. The van der Waals surface area contributed by atoms with Gasteiger partial charge in [0.2, 0.25) is 5.82 Å². The summed E-state index contributed by atoms with van der Waals surface area (Å²) in [4.78, 5) is 11.1. The van der Waals surface area contributed by atoms with Crippen molar-refractivity contribution in [1.82, 2.24) is 20.2 Å². The summed E-state index contributed by atoms with van der Waals surface area (Å²) in [6, 6.07) is 0. The molecule has 1 aromatic heterocycles. The fraction of sp³-hybridized carbons (Fsp3) is 0.500. The van der Waals surface area contributed by atoms with Crippen LogP contribution in [0.2, 0.25) is 0 Å². The van der Waals surface area contributed by atoms with Gasteiger partial charge in [-0.2, -0.15) is 4.80 Å². The third-order valence-corrected chi connectivity index (χ3v) is 0.917. The molecule has 0 fully saturated rings. The second-order valence-corrected chi connectivity index (χ2v) is 1.72. The minimum Gasteiger partial charge on any atom is -0.377 e. The lowest BCUT2D eigenvalue weighted by atomic mass is 10.4. The number of carbonyl (C=O) groups is 1. The van der Waals surface area contributed by atoms with Gasteiger partial charge in [0, 0.05) is 0 Å². The Bertz CT molecular complexity index is 233.